The van der Waals surface area contributed by atoms with Gasteiger partial charge in [-0.25, -0.2) is 0 Å². The Hall–Kier alpha value is 0.909. The molecule has 0 aromatic heterocycles. The third-order valence-electron chi connectivity index (χ3n) is 1.10. The van der Waals surface area contributed by atoms with Crippen molar-refractivity contribution >= 4 is 15.2 Å². The van der Waals surface area contributed by atoms with Gasteiger partial charge in [-0.1, -0.05) is 0 Å². The van der Waals surface area contributed by atoms with Gasteiger partial charge in [0.05, 0.1) is 0 Å². The van der Waals surface area contributed by atoms with Gasteiger partial charge in [0.1, 0.15) is 0 Å². The second-order valence-corrected chi connectivity index (χ2v) is 6.33. The normalized spacial score (nSPS) is 13.8. The molecule has 0 aliphatic heterocycles. The summed E-state index contributed by atoms with van der Waals surface area (Å²) in [5.41, 5.74) is 0. The molecule has 75 valence electrons. The van der Waals surface area contributed by atoms with E-state index in [0.29, 0.717) is 6.92 Å². The molecule has 5 N–H and O–H groups in total. The molecule has 0 aromatic rings. The summed E-state index contributed by atoms with van der Waals surface area (Å²) < 4.78 is 20.5. The largest absolute Gasteiger partial charge is 0.369 e. The molecule has 0 aliphatic rings. The molecule has 0 aromatic carbocycles. The molecule has 0 fully saturated rings. The van der Waals surface area contributed by atoms with Crippen LogP contribution in [-0.4, -0.2) is 29.8 Å². The van der Waals surface area contributed by atoms with Gasteiger partial charge in [-0.15, -0.1) is 0 Å². The first-order chi connectivity index (χ1) is 4.50. The van der Waals surface area contributed by atoms with E-state index >= 15 is 0 Å². The molecule has 0 unspecified atom stereocenters. The molecule has 0 rings (SSSR count). The second kappa shape index (κ2) is 3.96. The van der Waals surface area contributed by atoms with Crippen LogP contribution in [-0.2, 0) is 29.2 Å². The van der Waals surface area contributed by atoms with Gasteiger partial charge in [0.15, 0.2) is 0 Å². The number of hydrogen-bond donors (Lipinski definition) is 5. The van der Waals surface area contributed by atoms with E-state index in [1.165, 1.54) is 0 Å². The summed E-state index contributed by atoms with van der Waals surface area (Å²) in [4.78, 5) is 33.0. The summed E-state index contributed by atoms with van der Waals surface area (Å²) in [6.07, 6.45) is 0. The first-order valence-corrected chi connectivity index (χ1v) is 5.56. The van der Waals surface area contributed by atoms with Crippen molar-refractivity contribution in [3.05, 3.63) is 0 Å². The van der Waals surface area contributed by atoms with Crippen LogP contribution >= 0.6 is 15.2 Å². The average molecular weight is 304 g/mol. The monoisotopic (exact) mass is 303 g/mol. The average Bonchev–Trinajstić information content (AvgIpc) is 1.58. The second-order valence-electron chi connectivity index (χ2n) is 2.06. The van der Waals surface area contributed by atoms with Gasteiger partial charge in [-0.05, 0) is 6.92 Å². The SMILES string of the molecule is CC(O)(P(=O)(O)O)P(=O)(O)O.[Tc]. The van der Waals surface area contributed by atoms with Crippen molar-refractivity contribution in [1.29, 1.82) is 0 Å². The van der Waals surface area contributed by atoms with E-state index < -0.39 is 20.3 Å². The van der Waals surface area contributed by atoms with Crippen LogP contribution in [0.15, 0.2) is 0 Å². The standard InChI is InChI=1S/C2H8O7P2.Tc/c1-2(3,10(4,5)6)11(7,8)9;/h3H,1H3,(H2,4,5,6)(H2,7,8,9);. The molecule has 0 aliphatic carbocycles. The molecule has 12 heavy (non-hydrogen) atoms. The molecule has 0 bridgehead atoms. The third-order valence-corrected chi connectivity index (χ3v) is 4.87. The van der Waals surface area contributed by atoms with E-state index in [9.17, 15) is 9.13 Å². The van der Waals surface area contributed by atoms with Crippen LogP contribution < -0.4 is 0 Å². The summed E-state index contributed by atoms with van der Waals surface area (Å²) in [6.45, 7) is 0.383. The molecule has 0 atom stereocenters. The predicted octanol–water partition coefficient (Wildman–Crippen LogP) is -0.995. The summed E-state index contributed by atoms with van der Waals surface area (Å²) in [5.74, 6) is 0. The molecule has 1 radical (unpaired) electrons. The predicted molar refractivity (Wildman–Crippen MR) is 34.7 cm³/mol. The van der Waals surface area contributed by atoms with Crippen LogP contribution in [0.2, 0.25) is 0 Å². The quantitative estimate of drug-likeness (QED) is 0.413. The van der Waals surface area contributed by atoms with Gasteiger partial charge in [-0.3, -0.25) is 9.13 Å². The zero-order valence-corrected chi connectivity index (χ0v) is 9.47. The first-order valence-electron chi connectivity index (χ1n) is 2.34. The van der Waals surface area contributed by atoms with Crippen molar-refractivity contribution < 1.29 is 53.9 Å². The maximum Gasteiger partial charge on any atom is 0.369 e. The number of aliphatic hydroxyl groups is 1. The van der Waals surface area contributed by atoms with Gasteiger partial charge in [0.25, 0.3) is 5.08 Å². The number of hydrogen-bond acceptors (Lipinski definition) is 3. The van der Waals surface area contributed by atoms with E-state index in [2.05, 4.69) is 0 Å². The smallest absolute Gasteiger partial charge is 0.368 e. The third kappa shape index (κ3) is 3.00. The fourth-order valence-corrected chi connectivity index (χ4v) is 1.53. The Kier molecular flexibility index (Phi) is 5.08. The molecule has 7 nitrogen and oxygen atoms in total. The summed E-state index contributed by atoms with van der Waals surface area (Å²) in [5, 5.41) is 5.37. The Balaban J connectivity index is 0. The van der Waals surface area contributed by atoms with E-state index in [1.807, 2.05) is 0 Å². The summed E-state index contributed by atoms with van der Waals surface area (Å²) >= 11 is 0. The zero-order chi connectivity index (χ0) is 9.50. The van der Waals surface area contributed by atoms with Crippen LogP contribution in [0.4, 0.5) is 0 Å². The minimum absolute atomic E-state index is 0. The molecule has 0 saturated heterocycles. The molecule has 0 heterocycles. The topological polar surface area (TPSA) is 135 Å². The van der Waals surface area contributed by atoms with E-state index in [1.54, 1.807) is 0 Å². The minimum atomic E-state index is -5.20. The van der Waals surface area contributed by atoms with Crippen molar-refractivity contribution in [1.82, 2.24) is 0 Å². The Labute approximate surface area is 81.5 Å². The van der Waals surface area contributed by atoms with E-state index in [0.717, 1.165) is 0 Å². The molecule has 10 heteroatoms. The van der Waals surface area contributed by atoms with Crippen molar-refractivity contribution in [2.45, 2.75) is 12.0 Å². The van der Waals surface area contributed by atoms with Crippen molar-refractivity contribution in [3.8, 4) is 0 Å². The summed E-state index contributed by atoms with van der Waals surface area (Å²) in [6, 6.07) is 0. The number of rotatable bonds is 2. The van der Waals surface area contributed by atoms with Crippen LogP contribution in [0.3, 0.4) is 0 Å². The maximum atomic E-state index is 10.3. The van der Waals surface area contributed by atoms with Gasteiger partial charge >= 0.3 is 15.2 Å². The van der Waals surface area contributed by atoms with Gasteiger partial charge in [-0.2, -0.15) is 0 Å². The van der Waals surface area contributed by atoms with Gasteiger partial charge in [0, 0.05) is 20.1 Å². The van der Waals surface area contributed by atoms with Crippen molar-refractivity contribution in [2.75, 3.05) is 0 Å². The van der Waals surface area contributed by atoms with Crippen molar-refractivity contribution in [2.24, 2.45) is 0 Å². The fraction of sp³-hybridized carbons (Fsp3) is 1.00. The van der Waals surface area contributed by atoms with Crippen LogP contribution in [0.1, 0.15) is 6.92 Å². The fourth-order valence-electron chi connectivity index (χ4n) is 0.170. The molecule has 0 saturated carbocycles. The Morgan fingerprint density at radius 2 is 1.17 bits per heavy atom. The molecule has 0 amide bonds. The zero-order valence-electron chi connectivity index (χ0n) is 5.82. The van der Waals surface area contributed by atoms with E-state index in [-0.39, 0.29) is 20.1 Å². The minimum Gasteiger partial charge on any atom is -0.368 e. The molecular formula is C2H8O7P2Tc. The van der Waals surface area contributed by atoms with Crippen LogP contribution in [0.5, 0.6) is 0 Å². The van der Waals surface area contributed by atoms with Gasteiger partial charge < -0.3 is 24.7 Å². The Morgan fingerprint density at radius 1 is 1.00 bits per heavy atom. The Morgan fingerprint density at radius 3 is 1.17 bits per heavy atom. The van der Waals surface area contributed by atoms with Crippen LogP contribution in [0, 0.1) is 0 Å². The maximum absolute atomic E-state index is 10.3. The molecular weight excluding hydrogens is 296 g/mol. The van der Waals surface area contributed by atoms with Crippen molar-refractivity contribution in [3.63, 3.8) is 0 Å². The summed E-state index contributed by atoms with van der Waals surface area (Å²) in [7, 11) is -10.4. The van der Waals surface area contributed by atoms with E-state index in [4.69, 9.17) is 24.7 Å². The first kappa shape index (κ1) is 15.4. The van der Waals surface area contributed by atoms with Gasteiger partial charge in [0.2, 0.25) is 0 Å². The molecule has 0 spiro atoms. The Bertz CT molecular complexity index is 212. The van der Waals surface area contributed by atoms with Crippen LogP contribution in [0.25, 0.3) is 0 Å².